The van der Waals surface area contributed by atoms with Gasteiger partial charge >= 0.3 is 37.7 Å². The molecule has 0 radical (unpaired) electrons. The van der Waals surface area contributed by atoms with Gasteiger partial charge in [0.1, 0.15) is 0 Å². The zero-order valence-electron chi connectivity index (χ0n) is 13.3. The molecule has 2 unspecified atom stereocenters. The molecule has 0 aliphatic heterocycles. The van der Waals surface area contributed by atoms with Crippen molar-refractivity contribution in [3.63, 3.8) is 0 Å². The molecule has 2 aliphatic carbocycles. The van der Waals surface area contributed by atoms with Gasteiger partial charge in [-0.25, -0.2) is 0 Å². The standard InChI is InChI=1S/C22H22.2Li.2H/c1-15-13-17-7-3-5-9-21(17)19(15)11-12-20-16(2)14-18-8-4-6-10-22(18)20;;;;/h3-10,13-14,19-20H,11-12H2,1-2H3;;;;. The van der Waals surface area contributed by atoms with E-state index in [0.29, 0.717) is 11.8 Å². The molecular weight excluding hydrogens is 278 g/mol. The molecule has 4 rings (SSSR count). The Balaban J connectivity index is 0.00000104. The molecule has 2 aliphatic rings. The molecule has 0 saturated heterocycles. The van der Waals surface area contributed by atoms with Crippen LogP contribution < -0.4 is 0 Å². The van der Waals surface area contributed by atoms with Gasteiger partial charge in [0.25, 0.3) is 0 Å². The van der Waals surface area contributed by atoms with E-state index in [-0.39, 0.29) is 37.7 Å². The summed E-state index contributed by atoms with van der Waals surface area (Å²) in [6.07, 6.45) is 7.21. The second-order valence-corrected chi connectivity index (χ2v) is 6.72. The van der Waals surface area contributed by atoms with Crippen LogP contribution in [0.25, 0.3) is 12.2 Å². The van der Waals surface area contributed by atoms with Crippen molar-refractivity contribution in [1.82, 2.24) is 0 Å². The van der Waals surface area contributed by atoms with E-state index < -0.39 is 0 Å². The molecule has 0 amide bonds. The monoisotopic (exact) mass is 302 g/mol. The molecule has 0 fully saturated rings. The first-order valence-corrected chi connectivity index (χ1v) is 8.28. The molecule has 2 aromatic carbocycles. The average Bonchev–Trinajstić information content (AvgIpc) is 3.01. The zero-order valence-corrected chi connectivity index (χ0v) is 13.3. The normalized spacial score (nSPS) is 20.2. The second kappa shape index (κ2) is 8.00. The molecular formula is C22H24Li2. The third-order valence-electron chi connectivity index (χ3n) is 5.35. The molecule has 2 aromatic rings. The summed E-state index contributed by atoms with van der Waals surface area (Å²) in [6, 6.07) is 17.7. The number of benzene rings is 2. The summed E-state index contributed by atoms with van der Waals surface area (Å²) in [5, 5.41) is 0. The van der Waals surface area contributed by atoms with Gasteiger partial charge in [0.2, 0.25) is 0 Å². The molecule has 0 bridgehead atoms. The fourth-order valence-corrected chi connectivity index (χ4v) is 4.20. The number of allylic oxidation sites excluding steroid dienone is 2. The third kappa shape index (κ3) is 3.40. The SMILES string of the molecule is CC1=Cc2ccccc2C1CCC1C(C)=Cc2ccccc21.[LiH].[LiH]. The Hall–Kier alpha value is -0.885. The van der Waals surface area contributed by atoms with E-state index in [4.69, 9.17) is 0 Å². The van der Waals surface area contributed by atoms with Crippen molar-refractivity contribution in [2.75, 3.05) is 0 Å². The maximum atomic E-state index is 2.37. The predicted molar refractivity (Wildman–Crippen MR) is 109 cm³/mol. The van der Waals surface area contributed by atoms with Crippen LogP contribution in [0.3, 0.4) is 0 Å². The van der Waals surface area contributed by atoms with Gasteiger partial charge in [0.05, 0.1) is 0 Å². The van der Waals surface area contributed by atoms with E-state index in [1.807, 2.05) is 0 Å². The van der Waals surface area contributed by atoms with Crippen LogP contribution in [0.1, 0.15) is 60.8 Å². The first-order valence-electron chi connectivity index (χ1n) is 8.28. The number of hydrogen-bond donors (Lipinski definition) is 0. The number of hydrogen-bond acceptors (Lipinski definition) is 0. The molecule has 114 valence electrons. The zero-order chi connectivity index (χ0) is 15.1. The van der Waals surface area contributed by atoms with Crippen molar-refractivity contribution in [1.29, 1.82) is 0 Å². The summed E-state index contributed by atoms with van der Waals surface area (Å²) >= 11 is 0. The van der Waals surface area contributed by atoms with Gasteiger partial charge in [-0.2, -0.15) is 0 Å². The number of rotatable bonds is 3. The van der Waals surface area contributed by atoms with Crippen LogP contribution in [0.2, 0.25) is 0 Å². The van der Waals surface area contributed by atoms with Gasteiger partial charge in [0.15, 0.2) is 0 Å². The van der Waals surface area contributed by atoms with Gasteiger partial charge in [-0.05, 0) is 48.9 Å². The summed E-state index contributed by atoms with van der Waals surface area (Å²) in [5.41, 5.74) is 8.93. The maximum absolute atomic E-state index is 2.37. The van der Waals surface area contributed by atoms with Crippen LogP contribution in [0, 0.1) is 0 Å². The molecule has 2 heteroatoms. The molecule has 0 N–H and O–H groups in total. The molecule has 0 aromatic heterocycles. The van der Waals surface area contributed by atoms with Crippen molar-refractivity contribution in [2.45, 2.75) is 38.5 Å². The average molecular weight is 302 g/mol. The van der Waals surface area contributed by atoms with Crippen LogP contribution in [0.15, 0.2) is 59.7 Å². The molecule has 2 atom stereocenters. The van der Waals surface area contributed by atoms with Gasteiger partial charge in [-0.3, -0.25) is 0 Å². The Morgan fingerprint density at radius 1 is 0.625 bits per heavy atom. The Labute approximate surface area is 169 Å². The van der Waals surface area contributed by atoms with Crippen LogP contribution >= 0.6 is 0 Å². The minimum absolute atomic E-state index is 0. The van der Waals surface area contributed by atoms with Crippen LogP contribution in [-0.4, -0.2) is 37.7 Å². The van der Waals surface area contributed by atoms with Crippen LogP contribution in [-0.2, 0) is 0 Å². The Bertz CT molecular complexity index is 719. The van der Waals surface area contributed by atoms with E-state index in [0.717, 1.165) is 0 Å². The Kier molecular flexibility index (Phi) is 6.48. The van der Waals surface area contributed by atoms with Crippen molar-refractivity contribution in [3.05, 3.63) is 81.9 Å². The van der Waals surface area contributed by atoms with Gasteiger partial charge < -0.3 is 0 Å². The molecule has 0 heterocycles. The summed E-state index contributed by atoms with van der Waals surface area (Å²) in [4.78, 5) is 0. The van der Waals surface area contributed by atoms with E-state index in [1.165, 1.54) is 46.2 Å². The first-order chi connectivity index (χ1) is 10.7. The fourth-order valence-electron chi connectivity index (χ4n) is 4.20. The Morgan fingerprint density at radius 2 is 1.00 bits per heavy atom. The minimum atomic E-state index is 0. The van der Waals surface area contributed by atoms with Gasteiger partial charge in [0, 0.05) is 11.8 Å². The predicted octanol–water partition coefficient (Wildman–Crippen LogP) is 4.87. The third-order valence-corrected chi connectivity index (χ3v) is 5.35. The van der Waals surface area contributed by atoms with E-state index >= 15 is 0 Å². The summed E-state index contributed by atoms with van der Waals surface area (Å²) in [6.45, 7) is 4.58. The fraction of sp³-hybridized carbons (Fsp3) is 0.273. The molecule has 0 saturated carbocycles. The quantitative estimate of drug-likeness (QED) is 0.710. The van der Waals surface area contributed by atoms with E-state index in [2.05, 4.69) is 74.5 Å². The Morgan fingerprint density at radius 3 is 1.42 bits per heavy atom. The van der Waals surface area contributed by atoms with E-state index in [9.17, 15) is 0 Å². The van der Waals surface area contributed by atoms with Crippen LogP contribution in [0.5, 0.6) is 0 Å². The van der Waals surface area contributed by atoms with Crippen molar-refractivity contribution in [2.24, 2.45) is 0 Å². The topological polar surface area (TPSA) is 0 Å². The molecule has 24 heavy (non-hydrogen) atoms. The number of fused-ring (bicyclic) bond motifs is 2. The van der Waals surface area contributed by atoms with Crippen molar-refractivity contribution < 1.29 is 0 Å². The van der Waals surface area contributed by atoms with Gasteiger partial charge in [-0.15, -0.1) is 0 Å². The summed E-state index contributed by atoms with van der Waals surface area (Å²) in [7, 11) is 0. The van der Waals surface area contributed by atoms with Crippen molar-refractivity contribution >= 4 is 49.9 Å². The second-order valence-electron chi connectivity index (χ2n) is 6.72. The summed E-state index contributed by atoms with van der Waals surface area (Å²) in [5.74, 6) is 1.22. The van der Waals surface area contributed by atoms with Gasteiger partial charge in [-0.1, -0.05) is 71.8 Å². The van der Waals surface area contributed by atoms with E-state index in [1.54, 1.807) is 0 Å². The van der Waals surface area contributed by atoms with Crippen molar-refractivity contribution in [3.8, 4) is 0 Å². The van der Waals surface area contributed by atoms with Crippen LogP contribution in [0.4, 0.5) is 0 Å². The summed E-state index contributed by atoms with van der Waals surface area (Å²) < 4.78 is 0. The molecule has 0 nitrogen and oxygen atoms in total. The first kappa shape index (κ1) is 19.4. The molecule has 0 spiro atoms.